The molecule has 0 aromatic heterocycles. The van der Waals surface area contributed by atoms with Gasteiger partial charge in [0.15, 0.2) is 0 Å². The minimum atomic E-state index is -0.554. The van der Waals surface area contributed by atoms with E-state index in [1.165, 1.54) is 6.08 Å². The van der Waals surface area contributed by atoms with E-state index in [4.69, 9.17) is 18.4 Å². The molecule has 0 spiro atoms. The quantitative estimate of drug-likeness (QED) is 0.289. The van der Waals surface area contributed by atoms with Gasteiger partial charge in [-0.25, -0.2) is 15.0 Å². The second kappa shape index (κ2) is 14.1. The van der Waals surface area contributed by atoms with Crippen LogP contribution in [0, 0.1) is 24.5 Å². The Morgan fingerprint density at radius 1 is 1.14 bits per heavy atom. The molecule has 1 aliphatic rings. The highest BCUT2D eigenvalue weighted by atomic mass is 16.2. The number of carbonyl (C=O) groups is 2. The van der Waals surface area contributed by atoms with Crippen LogP contribution in [0.5, 0.6) is 0 Å². The molecule has 1 aromatic carbocycles. The van der Waals surface area contributed by atoms with Crippen LogP contribution in [-0.2, 0) is 9.59 Å². The summed E-state index contributed by atoms with van der Waals surface area (Å²) in [6.45, 7) is 22.7. The predicted molar refractivity (Wildman–Crippen MR) is 142 cm³/mol. The van der Waals surface area contributed by atoms with E-state index in [0.717, 1.165) is 44.5 Å². The van der Waals surface area contributed by atoms with Crippen molar-refractivity contribution in [1.82, 2.24) is 5.32 Å². The molecule has 0 aliphatic carbocycles. The van der Waals surface area contributed by atoms with E-state index in [1.54, 1.807) is 12.1 Å². The SMILES string of the molecule is [C-]#[N+]C1=C(/C=C/c2ccc(N(CCCC)CCCC)cc2NC(=O)CCC)C(=O)N/C1=C(\C#N)[N+]#[C-]. The summed E-state index contributed by atoms with van der Waals surface area (Å²) in [5.41, 5.74) is 1.91. The van der Waals surface area contributed by atoms with Gasteiger partial charge in [0, 0.05) is 30.8 Å². The standard InChI is InChI=1S/C28H32N6O2/c1-6-9-16-34(17-10-7-2)21-14-12-20(23(18-21)32-25(35)11-8-3)13-15-22-26(31-5)27(33-28(22)36)24(19-29)30-4/h12-15,18H,6-11,16-17H2,1-3H3,(H,32,35)(H,33,36)/b15-13+,27-24+. The molecule has 0 saturated carbocycles. The monoisotopic (exact) mass is 484 g/mol. The summed E-state index contributed by atoms with van der Waals surface area (Å²) in [5, 5.41) is 14.6. The van der Waals surface area contributed by atoms with Crippen molar-refractivity contribution in [3.63, 3.8) is 0 Å². The molecule has 186 valence electrons. The lowest BCUT2D eigenvalue weighted by molar-refractivity contribution is -0.116. The molecular formula is C28H32N6O2. The molecule has 2 rings (SSSR count). The molecule has 0 bridgehead atoms. The van der Waals surface area contributed by atoms with Crippen molar-refractivity contribution in [3.8, 4) is 6.07 Å². The van der Waals surface area contributed by atoms with Gasteiger partial charge >= 0.3 is 0 Å². The fourth-order valence-corrected chi connectivity index (χ4v) is 3.74. The Kier molecular flexibility index (Phi) is 11.0. The third-order valence-electron chi connectivity index (χ3n) is 5.69. The number of allylic oxidation sites excluding steroid dienone is 1. The Balaban J connectivity index is 2.52. The molecule has 36 heavy (non-hydrogen) atoms. The van der Waals surface area contributed by atoms with Crippen LogP contribution in [-0.4, -0.2) is 24.9 Å². The molecule has 8 nitrogen and oxygen atoms in total. The fourth-order valence-electron chi connectivity index (χ4n) is 3.74. The summed E-state index contributed by atoms with van der Waals surface area (Å²) in [4.78, 5) is 33.8. The Morgan fingerprint density at radius 2 is 1.83 bits per heavy atom. The van der Waals surface area contributed by atoms with Crippen LogP contribution < -0.4 is 15.5 Å². The first kappa shape index (κ1) is 27.9. The lowest BCUT2D eigenvalue weighted by atomic mass is 10.1. The summed E-state index contributed by atoms with van der Waals surface area (Å²) >= 11 is 0. The zero-order chi connectivity index (χ0) is 26.5. The van der Waals surface area contributed by atoms with Gasteiger partial charge in [-0.15, -0.1) is 0 Å². The molecule has 1 heterocycles. The number of nitriles is 1. The number of carbonyl (C=O) groups excluding carboxylic acids is 2. The summed E-state index contributed by atoms with van der Waals surface area (Å²) in [5.74, 6) is -0.652. The number of hydrogen-bond acceptors (Lipinski definition) is 4. The van der Waals surface area contributed by atoms with E-state index in [2.05, 4.69) is 39.1 Å². The zero-order valence-electron chi connectivity index (χ0n) is 21.1. The summed E-state index contributed by atoms with van der Waals surface area (Å²) in [7, 11) is 0. The van der Waals surface area contributed by atoms with E-state index in [9.17, 15) is 9.59 Å². The van der Waals surface area contributed by atoms with E-state index < -0.39 is 5.91 Å². The van der Waals surface area contributed by atoms with E-state index in [0.29, 0.717) is 24.1 Å². The fraction of sp³-hybridized carbons (Fsp3) is 0.393. The van der Waals surface area contributed by atoms with Gasteiger partial charge in [0.2, 0.25) is 17.5 Å². The molecule has 2 N–H and O–H groups in total. The molecule has 0 radical (unpaired) electrons. The van der Waals surface area contributed by atoms with Gasteiger partial charge < -0.3 is 15.5 Å². The van der Waals surface area contributed by atoms with Crippen LogP contribution >= 0.6 is 0 Å². The van der Waals surface area contributed by atoms with E-state index in [1.807, 2.05) is 25.1 Å². The summed E-state index contributed by atoms with van der Waals surface area (Å²) < 4.78 is 0. The zero-order valence-corrected chi connectivity index (χ0v) is 21.1. The Bertz CT molecular complexity index is 1180. The molecule has 1 aliphatic heterocycles. The first-order valence-electron chi connectivity index (χ1n) is 12.3. The number of amides is 2. The van der Waals surface area contributed by atoms with Gasteiger partial charge in [-0.3, -0.25) is 9.59 Å². The number of rotatable bonds is 12. The lowest BCUT2D eigenvalue weighted by Gasteiger charge is -2.26. The molecule has 1 aromatic rings. The average Bonchev–Trinajstić information content (AvgIpc) is 3.19. The highest BCUT2D eigenvalue weighted by molar-refractivity contribution is 6.05. The van der Waals surface area contributed by atoms with Gasteiger partial charge in [-0.05, 0) is 37.0 Å². The van der Waals surface area contributed by atoms with Crippen molar-refractivity contribution in [2.75, 3.05) is 23.3 Å². The Hall–Kier alpha value is -4.35. The van der Waals surface area contributed by atoms with E-state index >= 15 is 0 Å². The molecule has 2 amide bonds. The minimum Gasteiger partial charge on any atom is -0.371 e. The maximum Gasteiger partial charge on any atom is 0.274 e. The van der Waals surface area contributed by atoms with Crippen molar-refractivity contribution in [1.29, 1.82) is 5.26 Å². The second-order valence-corrected chi connectivity index (χ2v) is 8.37. The summed E-state index contributed by atoms with van der Waals surface area (Å²) in [6.07, 6.45) is 8.57. The van der Waals surface area contributed by atoms with Crippen LogP contribution in [0.3, 0.4) is 0 Å². The topological polar surface area (TPSA) is 94.0 Å². The van der Waals surface area contributed by atoms with Crippen LogP contribution in [0.4, 0.5) is 11.4 Å². The average molecular weight is 485 g/mol. The van der Waals surface area contributed by atoms with Crippen molar-refractivity contribution in [2.24, 2.45) is 0 Å². The number of anilines is 2. The van der Waals surface area contributed by atoms with Crippen molar-refractivity contribution < 1.29 is 9.59 Å². The van der Waals surface area contributed by atoms with E-state index in [-0.39, 0.29) is 28.6 Å². The number of nitrogens with zero attached hydrogens (tertiary/aromatic N) is 4. The molecule has 0 fully saturated rings. The number of unbranched alkanes of at least 4 members (excludes halogenated alkanes) is 2. The maximum atomic E-state index is 12.5. The van der Waals surface area contributed by atoms with Gasteiger partial charge in [0.25, 0.3) is 5.70 Å². The lowest BCUT2D eigenvalue weighted by Crippen LogP contribution is -2.25. The van der Waals surface area contributed by atoms with Crippen molar-refractivity contribution in [2.45, 2.75) is 59.3 Å². The van der Waals surface area contributed by atoms with Crippen LogP contribution in [0.2, 0.25) is 0 Å². The minimum absolute atomic E-state index is 0.0673. The Labute approximate surface area is 213 Å². The smallest absolute Gasteiger partial charge is 0.274 e. The van der Waals surface area contributed by atoms with Crippen LogP contribution in [0.15, 0.2) is 46.9 Å². The number of benzene rings is 1. The molecule has 0 unspecified atom stereocenters. The highest BCUT2D eigenvalue weighted by Crippen LogP contribution is 2.29. The first-order chi connectivity index (χ1) is 17.4. The maximum absolute atomic E-state index is 12.5. The van der Waals surface area contributed by atoms with Gasteiger partial charge in [0.1, 0.15) is 0 Å². The largest absolute Gasteiger partial charge is 0.371 e. The third-order valence-corrected chi connectivity index (χ3v) is 5.69. The molecular weight excluding hydrogens is 452 g/mol. The Morgan fingerprint density at radius 3 is 2.39 bits per heavy atom. The normalized spacial score (nSPS) is 14.2. The van der Waals surface area contributed by atoms with Crippen molar-refractivity contribution >= 4 is 29.3 Å². The van der Waals surface area contributed by atoms with Crippen molar-refractivity contribution in [3.05, 3.63) is 75.3 Å². The number of nitrogens with one attached hydrogen (secondary N) is 2. The van der Waals surface area contributed by atoms with Gasteiger partial charge in [-0.2, -0.15) is 0 Å². The molecule has 0 atom stereocenters. The second-order valence-electron chi connectivity index (χ2n) is 8.37. The molecule has 0 saturated heterocycles. The predicted octanol–water partition coefficient (Wildman–Crippen LogP) is 5.80. The summed E-state index contributed by atoms with van der Waals surface area (Å²) in [6, 6.07) is 7.56. The first-order valence-corrected chi connectivity index (χ1v) is 12.3. The third kappa shape index (κ3) is 7.08. The van der Waals surface area contributed by atoms with Crippen LogP contribution in [0.1, 0.15) is 64.9 Å². The van der Waals surface area contributed by atoms with Crippen LogP contribution in [0.25, 0.3) is 15.8 Å². The highest BCUT2D eigenvalue weighted by Gasteiger charge is 2.28. The van der Waals surface area contributed by atoms with Gasteiger partial charge in [0.05, 0.1) is 30.6 Å². The van der Waals surface area contributed by atoms with Gasteiger partial charge in [-0.1, -0.05) is 51.8 Å². The number of hydrogen-bond donors (Lipinski definition) is 2. The molecule has 8 heteroatoms.